The summed E-state index contributed by atoms with van der Waals surface area (Å²) in [5.41, 5.74) is 2.51. The molecule has 0 radical (unpaired) electrons. The third kappa shape index (κ3) is 1.35. The Hall–Kier alpha value is -2.23. The Bertz CT molecular complexity index is 635. The molecule has 1 aromatic heterocycles. The Morgan fingerprint density at radius 3 is 2.11 bits per heavy atom. The van der Waals surface area contributed by atoms with Crippen molar-refractivity contribution in [2.24, 2.45) is 7.05 Å². The van der Waals surface area contributed by atoms with Gasteiger partial charge in [0.05, 0.1) is 11.4 Å². The molecule has 0 N–H and O–H groups in total. The number of carbonyl (C=O) groups excluding carboxylic acids is 2. The van der Waals surface area contributed by atoms with Gasteiger partial charge >= 0.3 is 0 Å². The molecule has 1 aliphatic rings. The quantitative estimate of drug-likeness (QED) is 0.715. The summed E-state index contributed by atoms with van der Waals surface area (Å²) in [6.07, 6.45) is 0. The van der Waals surface area contributed by atoms with Gasteiger partial charge in [-0.3, -0.25) is 14.3 Å². The van der Waals surface area contributed by atoms with E-state index in [-0.39, 0.29) is 11.6 Å². The minimum Gasteiger partial charge on any atom is -0.293 e. The summed E-state index contributed by atoms with van der Waals surface area (Å²) in [7, 11) is 1.76. The highest BCUT2D eigenvalue weighted by atomic mass is 16.2. The highest BCUT2D eigenvalue weighted by molar-refractivity contribution is 6.29. The van der Waals surface area contributed by atoms with Crippen LogP contribution in [0.25, 0.3) is 0 Å². The van der Waals surface area contributed by atoms with E-state index in [2.05, 4.69) is 5.10 Å². The van der Waals surface area contributed by atoms with E-state index in [0.717, 1.165) is 5.69 Å². The number of nitrogens with zero attached hydrogens (tertiary/aromatic N) is 2. The Morgan fingerprint density at radius 2 is 1.67 bits per heavy atom. The van der Waals surface area contributed by atoms with Gasteiger partial charge in [-0.2, -0.15) is 5.10 Å². The molecule has 3 rings (SSSR count). The molecule has 1 aromatic carbocycles. The molecule has 0 saturated heterocycles. The topological polar surface area (TPSA) is 52.0 Å². The lowest BCUT2D eigenvalue weighted by atomic mass is 9.99. The van der Waals surface area contributed by atoms with Gasteiger partial charge in [0.25, 0.3) is 0 Å². The summed E-state index contributed by atoms with van der Waals surface area (Å²) < 4.78 is 1.61. The highest BCUT2D eigenvalue weighted by Crippen LogP contribution is 2.33. The van der Waals surface area contributed by atoms with Gasteiger partial charge in [0.2, 0.25) is 0 Å². The number of carbonyl (C=O) groups is 2. The van der Waals surface area contributed by atoms with Crippen molar-refractivity contribution in [2.45, 2.75) is 12.8 Å². The van der Waals surface area contributed by atoms with Crippen molar-refractivity contribution in [1.29, 1.82) is 0 Å². The lowest BCUT2D eigenvalue weighted by molar-refractivity contribution is 0.0885. The zero-order valence-electron chi connectivity index (χ0n) is 10.2. The second-order valence-corrected chi connectivity index (χ2v) is 4.54. The average molecular weight is 240 g/mol. The Morgan fingerprint density at radius 1 is 1.11 bits per heavy atom. The molecule has 0 unspecified atom stereocenters. The molecule has 0 saturated carbocycles. The van der Waals surface area contributed by atoms with Gasteiger partial charge in [-0.15, -0.1) is 0 Å². The molecule has 0 spiro atoms. The summed E-state index contributed by atoms with van der Waals surface area (Å²) >= 11 is 0. The number of aryl methyl sites for hydroxylation is 2. The molecule has 4 heteroatoms. The molecule has 0 atom stereocenters. The number of hydrogen-bond acceptors (Lipinski definition) is 3. The number of ketones is 2. The van der Waals surface area contributed by atoms with Crippen LogP contribution in [0.2, 0.25) is 0 Å². The maximum Gasteiger partial charge on any atom is 0.180 e. The van der Waals surface area contributed by atoms with Crippen molar-refractivity contribution in [2.75, 3.05) is 0 Å². The third-order valence-electron chi connectivity index (χ3n) is 3.32. The standard InChI is InChI=1S/C14H12N2O2/c1-8-7-11(16(2)15-8)12-13(17)9-5-3-4-6-10(9)14(12)18/h3-7,12H,1-2H3. The number of hydrogen-bond donors (Lipinski definition) is 0. The van der Waals surface area contributed by atoms with E-state index in [1.54, 1.807) is 42.1 Å². The smallest absolute Gasteiger partial charge is 0.180 e. The van der Waals surface area contributed by atoms with Crippen molar-refractivity contribution in [3.8, 4) is 0 Å². The lowest BCUT2D eigenvalue weighted by Gasteiger charge is -2.06. The van der Waals surface area contributed by atoms with Crippen LogP contribution in [-0.4, -0.2) is 21.3 Å². The van der Waals surface area contributed by atoms with E-state index in [1.807, 2.05) is 6.92 Å². The summed E-state index contributed by atoms with van der Waals surface area (Å²) in [5, 5.41) is 4.20. The minimum atomic E-state index is -0.728. The number of Topliss-reactive ketones (excluding diaryl/α,β-unsaturated/α-hetero) is 2. The van der Waals surface area contributed by atoms with E-state index < -0.39 is 5.92 Å². The summed E-state index contributed by atoms with van der Waals surface area (Å²) in [6, 6.07) is 8.77. The van der Waals surface area contributed by atoms with E-state index in [9.17, 15) is 9.59 Å². The first-order chi connectivity index (χ1) is 8.59. The Kier molecular flexibility index (Phi) is 2.20. The van der Waals surface area contributed by atoms with Crippen LogP contribution in [0.1, 0.15) is 38.0 Å². The van der Waals surface area contributed by atoms with E-state index in [4.69, 9.17) is 0 Å². The zero-order valence-corrected chi connectivity index (χ0v) is 10.2. The molecule has 18 heavy (non-hydrogen) atoms. The van der Waals surface area contributed by atoms with Gasteiger partial charge in [0.15, 0.2) is 11.6 Å². The van der Waals surface area contributed by atoms with Crippen molar-refractivity contribution >= 4 is 11.6 Å². The van der Waals surface area contributed by atoms with Gasteiger partial charge in [-0.1, -0.05) is 24.3 Å². The van der Waals surface area contributed by atoms with Gasteiger partial charge in [-0.05, 0) is 13.0 Å². The monoisotopic (exact) mass is 240 g/mol. The predicted molar refractivity (Wildman–Crippen MR) is 65.8 cm³/mol. The van der Waals surface area contributed by atoms with Crippen molar-refractivity contribution in [1.82, 2.24) is 9.78 Å². The van der Waals surface area contributed by atoms with Gasteiger partial charge < -0.3 is 0 Å². The van der Waals surface area contributed by atoms with Crippen molar-refractivity contribution < 1.29 is 9.59 Å². The average Bonchev–Trinajstić information content (AvgIpc) is 2.79. The van der Waals surface area contributed by atoms with E-state index in [0.29, 0.717) is 16.8 Å². The van der Waals surface area contributed by atoms with E-state index >= 15 is 0 Å². The van der Waals surface area contributed by atoms with Crippen LogP contribution >= 0.6 is 0 Å². The van der Waals surface area contributed by atoms with Crippen LogP contribution in [0, 0.1) is 6.92 Å². The lowest BCUT2D eigenvalue weighted by Crippen LogP contribution is -2.16. The largest absolute Gasteiger partial charge is 0.293 e. The fraction of sp³-hybridized carbons (Fsp3) is 0.214. The van der Waals surface area contributed by atoms with Crippen LogP contribution in [0.4, 0.5) is 0 Å². The fourth-order valence-electron chi connectivity index (χ4n) is 2.51. The van der Waals surface area contributed by atoms with Crippen LogP contribution in [-0.2, 0) is 7.05 Å². The molecule has 90 valence electrons. The molecule has 0 bridgehead atoms. The van der Waals surface area contributed by atoms with Crippen LogP contribution in [0.3, 0.4) is 0 Å². The fourth-order valence-corrected chi connectivity index (χ4v) is 2.51. The second-order valence-electron chi connectivity index (χ2n) is 4.54. The molecule has 1 aliphatic carbocycles. The minimum absolute atomic E-state index is 0.126. The molecule has 2 aromatic rings. The number of rotatable bonds is 1. The maximum absolute atomic E-state index is 12.3. The zero-order chi connectivity index (χ0) is 12.9. The predicted octanol–water partition coefficient (Wildman–Crippen LogP) is 1.89. The second kappa shape index (κ2) is 3.63. The maximum atomic E-state index is 12.3. The first-order valence-corrected chi connectivity index (χ1v) is 5.77. The van der Waals surface area contributed by atoms with Crippen molar-refractivity contribution in [3.63, 3.8) is 0 Å². The highest BCUT2D eigenvalue weighted by Gasteiger charge is 2.40. The molecular weight excluding hydrogens is 228 g/mol. The van der Waals surface area contributed by atoms with Gasteiger partial charge in [0, 0.05) is 18.2 Å². The summed E-state index contributed by atoms with van der Waals surface area (Å²) in [4.78, 5) is 24.6. The molecule has 4 nitrogen and oxygen atoms in total. The SMILES string of the molecule is Cc1cc(C2C(=O)c3ccccc3C2=O)n(C)n1. The number of benzene rings is 1. The van der Waals surface area contributed by atoms with E-state index in [1.165, 1.54) is 0 Å². The van der Waals surface area contributed by atoms with Crippen LogP contribution < -0.4 is 0 Å². The van der Waals surface area contributed by atoms with Crippen molar-refractivity contribution in [3.05, 3.63) is 52.8 Å². The molecule has 0 aliphatic heterocycles. The molecule has 1 heterocycles. The van der Waals surface area contributed by atoms with Crippen LogP contribution in [0.5, 0.6) is 0 Å². The Labute approximate surface area is 104 Å². The van der Waals surface area contributed by atoms with Gasteiger partial charge in [0.1, 0.15) is 5.92 Å². The Balaban J connectivity index is 2.15. The molecule has 0 amide bonds. The summed E-state index contributed by atoms with van der Waals surface area (Å²) in [5.74, 6) is -0.981. The molecular formula is C14H12N2O2. The normalized spacial score (nSPS) is 15.2. The number of aromatic nitrogens is 2. The number of fused-ring (bicyclic) bond motifs is 1. The molecule has 0 fully saturated rings. The van der Waals surface area contributed by atoms with Crippen LogP contribution in [0.15, 0.2) is 30.3 Å². The first-order valence-electron chi connectivity index (χ1n) is 5.77. The third-order valence-corrected chi connectivity index (χ3v) is 3.32. The summed E-state index contributed by atoms with van der Waals surface area (Å²) in [6.45, 7) is 1.85. The van der Waals surface area contributed by atoms with Gasteiger partial charge in [-0.25, -0.2) is 0 Å². The first kappa shape index (κ1) is 10.9.